The number of aliphatic carboxylic acids is 1. The van der Waals surface area contributed by atoms with Gasteiger partial charge in [0.25, 0.3) is 0 Å². The lowest BCUT2D eigenvalue weighted by Gasteiger charge is -2.14. The van der Waals surface area contributed by atoms with E-state index >= 15 is 0 Å². The minimum atomic E-state index is -1.23. The first-order valence-electron chi connectivity index (χ1n) is 6.20. The molecule has 22 heavy (non-hydrogen) atoms. The molecule has 0 saturated carbocycles. The lowest BCUT2D eigenvalue weighted by atomic mass is 10.2. The predicted molar refractivity (Wildman–Crippen MR) is 76.3 cm³/mol. The van der Waals surface area contributed by atoms with Gasteiger partial charge in [-0.15, -0.1) is 11.8 Å². The number of carbonyl (C=O) groups is 4. The summed E-state index contributed by atoms with van der Waals surface area (Å²) in [5, 5.41) is 7.64. The number of ketones is 1. The number of methoxy groups -OCH3 is 2. The van der Waals surface area contributed by atoms with Gasteiger partial charge in [0.1, 0.15) is 17.9 Å². The molecule has 0 aromatic heterocycles. The Morgan fingerprint density at radius 1 is 1.18 bits per heavy atom. The van der Waals surface area contributed by atoms with Gasteiger partial charge in [-0.1, -0.05) is 0 Å². The van der Waals surface area contributed by atoms with Crippen molar-refractivity contribution in [2.24, 2.45) is 5.73 Å². The summed E-state index contributed by atoms with van der Waals surface area (Å²) < 4.78 is 13.8. The van der Waals surface area contributed by atoms with Gasteiger partial charge in [0.05, 0.1) is 13.7 Å². The molecule has 0 aliphatic carbocycles. The van der Waals surface area contributed by atoms with Crippen molar-refractivity contribution in [1.29, 1.82) is 0 Å². The van der Waals surface area contributed by atoms with Crippen LogP contribution in [0.2, 0.25) is 0 Å². The Balaban J connectivity index is 4.51. The van der Waals surface area contributed by atoms with E-state index < -0.39 is 41.4 Å². The van der Waals surface area contributed by atoms with Gasteiger partial charge >= 0.3 is 17.9 Å². The topological polar surface area (TPSA) is 142 Å². The average Bonchev–Trinajstić information content (AvgIpc) is 2.49. The molecule has 0 aromatic carbocycles. The van der Waals surface area contributed by atoms with Crippen molar-refractivity contribution >= 4 is 35.5 Å². The Labute approximate surface area is 131 Å². The van der Waals surface area contributed by atoms with Crippen LogP contribution in [0.4, 0.5) is 0 Å². The Morgan fingerprint density at radius 2 is 1.82 bits per heavy atom. The monoisotopic (exact) mass is 337 g/mol. The molecule has 0 spiro atoms. The Hall–Kier alpha value is -1.65. The van der Waals surface area contributed by atoms with Crippen molar-refractivity contribution in [2.75, 3.05) is 33.2 Å². The number of carbonyl (C=O) groups excluding carboxylic acids is 3. The molecule has 0 saturated heterocycles. The molecule has 10 heteroatoms. The fourth-order valence-corrected chi connectivity index (χ4v) is 2.27. The third-order valence-corrected chi connectivity index (χ3v) is 3.69. The highest BCUT2D eigenvalue weighted by atomic mass is 32.2. The predicted octanol–water partition coefficient (Wildman–Crippen LogP) is -1.18. The van der Waals surface area contributed by atoms with Gasteiger partial charge in [-0.2, -0.15) is 0 Å². The van der Waals surface area contributed by atoms with Gasteiger partial charge in [0.2, 0.25) is 5.78 Å². The van der Waals surface area contributed by atoms with E-state index in [9.17, 15) is 19.2 Å². The number of nitrogens with two attached hydrogens (primary N) is 1. The van der Waals surface area contributed by atoms with Gasteiger partial charge in [-0.25, -0.2) is 4.79 Å². The second kappa shape index (κ2) is 11.0. The second-order valence-corrected chi connectivity index (χ2v) is 5.28. The first-order chi connectivity index (χ1) is 10.3. The van der Waals surface area contributed by atoms with E-state index in [1.165, 1.54) is 7.11 Å². The van der Waals surface area contributed by atoms with Crippen LogP contribution in [0.25, 0.3) is 0 Å². The van der Waals surface area contributed by atoms with Crippen molar-refractivity contribution in [3.8, 4) is 0 Å². The van der Waals surface area contributed by atoms with E-state index in [-0.39, 0.29) is 19.0 Å². The van der Waals surface area contributed by atoms with Crippen molar-refractivity contribution in [3.05, 3.63) is 0 Å². The molecule has 2 atom stereocenters. The summed E-state index contributed by atoms with van der Waals surface area (Å²) in [6.07, 6.45) is -0.463. The molecule has 0 fully saturated rings. The van der Waals surface area contributed by atoms with Gasteiger partial charge in [0.15, 0.2) is 0 Å². The van der Waals surface area contributed by atoms with E-state index in [1.54, 1.807) is 0 Å². The molecule has 0 radical (unpaired) electrons. The number of esters is 2. The van der Waals surface area contributed by atoms with Crippen molar-refractivity contribution in [3.63, 3.8) is 0 Å². The van der Waals surface area contributed by atoms with Crippen LogP contribution >= 0.6 is 11.8 Å². The number of thioether (sulfide) groups is 1. The van der Waals surface area contributed by atoms with Crippen molar-refractivity contribution in [1.82, 2.24) is 0 Å². The summed E-state index contributed by atoms with van der Waals surface area (Å²) in [6, 6.07) is -1.19. The second-order valence-electron chi connectivity index (χ2n) is 4.05. The zero-order chi connectivity index (χ0) is 17.1. The smallest absolute Gasteiger partial charge is 0.374 e. The highest BCUT2D eigenvalue weighted by molar-refractivity contribution is 8.00. The molecule has 126 valence electrons. The van der Waals surface area contributed by atoms with Gasteiger partial charge in [-0.3, -0.25) is 14.4 Å². The van der Waals surface area contributed by atoms with Crippen LogP contribution in [0.15, 0.2) is 0 Å². The molecular formula is C12H19NO8S. The van der Waals surface area contributed by atoms with E-state index in [0.717, 1.165) is 18.9 Å². The molecule has 0 aliphatic rings. The average molecular weight is 337 g/mol. The minimum Gasteiger partial charge on any atom is -0.480 e. The summed E-state index contributed by atoms with van der Waals surface area (Å²) in [5.41, 5.74) is 5.32. The van der Waals surface area contributed by atoms with Crippen LogP contribution in [0.1, 0.15) is 6.42 Å². The summed E-state index contributed by atoms with van der Waals surface area (Å²) in [6.45, 7) is 0.0582. The molecule has 3 N–H and O–H groups in total. The summed E-state index contributed by atoms with van der Waals surface area (Å²) >= 11 is 0.831. The number of hydrogen-bond donors (Lipinski definition) is 2. The number of rotatable bonds is 11. The largest absolute Gasteiger partial charge is 0.480 e. The lowest BCUT2D eigenvalue weighted by molar-refractivity contribution is -0.155. The van der Waals surface area contributed by atoms with Crippen LogP contribution < -0.4 is 5.73 Å². The fraction of sp³-hybridized carbons (Fsp3) is 0.667. The molecular weight excluding hydrogens is 318 g/mol. The maximum absolute atomic E-state index is 11.7. The number of Topliss-reactive ketones (excluding diaryl/α,β-unsaturated/α-hetero) is 1. The summed E-state index contributed by atoms with van der Waals surface area (Å²) in [5.74, 6) is -4.10. The summed E-state index contributed by atoms with van der Waals surface area (Å²) in [7, 11) is 2.53. The van der Waals surface area contributed by atoms with Gasteiger partial charge < -0.3 is 25.1 Å². The maximum Gasteiger partial charge on any atom is 0.374 e. The van der Waals surface area contributed by atoms with E-state index in [2.05, 4.69) is 14.2 Å². The van der Waals surface area contributed by atoms with Crippen LogP contribution in [-0.2, 0) is 33.4 Å². The van der Waals surface area contributed by atoms with Crippen LogP contribution in [-0.4, -0.2) is 73.3 Å². The Bertz CT molecular complexity index is 414. The van der Waals surface area contributed by atoms with Crippen molar-refractivity contribution in [2.45, 2.75) is 17.7 Å². The SMILES string of the molecule is COCCOC(=O)C(=O)CC(SC[C@H](N)C(=O)O)C(=O)OC. The minimum absolute atomic E-state index is 0.0823. The molecule has 0 heterocycles. The maximum atomic E-state index is 11.7. The van der Waals surface area contributed by atoms with E-state index in [4.69, 9.17) is 10.8 Å². The van der Waals surface area contributed by atoms with Gasteiger partial charge in [-0.05, 0) is 0 Å². The molecule has 1 unspecified atom stereocenters. The number of carboxylic acid groups (broad SMARTS) is 1. The zero-order valence-corrected chi connectivity index (χ0v) is 13.1. The zero-order valence-electron chi connectivity index (χ0n) is 12.3. The first-order valence-corrected chi connectivity index (χ1v) is 7.25. The molecule has 0 bridgehead atoms. The molecule has 0 aromatic rings. The number of carboxylic acids is 1. The summed E-state index contributed by atoms with van der Waals surface area (Å²) in [4.78, 5) is 45.2. The van der Waals surface area contributed by atoms with E-state index in [1.807, 2.05) is 0 Å². The van der Waals surface area contributed by atoms with E-state index in [0.29, 0.717) is 0 Å². The quantitative estimate of drug-likeness (QED) is 0.269. The Morgan fingerprint density at radius 3 is 2.32 bits per heavy atom. The standard InChI is InChI=1S/C12H19NO8S/c1-19-3-4-21-11(17)8(14)5-9(12(18)20-2)22-6-7(13)10(15)16/h7,9H,3-6,13H2,1-2H3,(H,15,16)/t7-,9?/m0/s1. The van der Waals surface area contributed by atoms with Crippen molar-refractivity contribution < 1.29 is 38.5 Å². The Kier molecular flexibility index (Phi) is 10.2. The van der Waals surface area contributed by atoms with Crippen LogP contribution in [0, 0.1) is 0 Å². The highest BCUT2D eigenvalue weighted by Gasteiger charge is 2.28. The number of hydrogen-bond acceptors (Lipinski definition) is 9. The third kappa shape index (κ3) is 7.96. The lowest BCUT2D eigenvalue weighted by Crippen LogP contribution is -2.35. The number of ether oxygens (including phenoxy) is 3. The molecule has 0 amide bonds. The molecule has 0 rings (SSSR count). The molecule has 0 aliphatic heterocycles. The fourth-order valence-electron chi connectivity index (χ4n) is 1.18. The van der Waals surface area contributed by atoms with Crippen LogP contribution in [0.5, 0.6) is 0 Å². The highest BCUT2D eigenvalue weighted by Crippen LogP contribution is 2.18. The molecule has 9 nitrogen and oxygen atoms in total. The third-order valence-electron chi connectivity index (χ3n) is 2.38. The van der Waals surface area contributed by atoms with Crippen LogP contribution in [0.3, 0.4) is 0 Å². The normalized spacial score (nSPS) is 13.0. The first kappa shape index (κ1) is 20.3. The van der Waals surface area contributed by atoms with Gasteiger partial charge in [0, 0.05) is 19.3 Å².